The van der Waals surface area contributed by atoms with Crippen LogP contribution < -0.4 is 9.64 Å². The SMILES string of the molecule is COc1ccc(C=CC(=O)c2ccc(N(C)C)cc2)cc1. The monoisotopic (exact) mass is 281 g/mol. The van der Waals surface area contributed by atoms with Gasteiger partial charge in [0.25, 0.3) is 0 Å². The Morgan fingerprint density at radius 1 is 1.00 bits per heavy atom. The average molecular weight is 281 g/mol. The van der Waals surface area contributed by atoms with Gasteiger partial charge in [0.1, 0.15) is 5.75 Å². The van der Waals surface area contributed by atoms with Crippen molar-refractivity contribution in [1.29, 1.82) is 0 Å². The third-order valence-corrected chi connectivity index (χ3v) is 3.21. The zero-order valence-corrected chi connectivity index (χ0v) is 12.5. The maximum atomic E-state index is 12.1. The van der Waals surface area contributed by atoms with E-state index >= 15 is 0 Å². The van der Waals surface area contributed by atoms with E-state index < -0.39 is 0 Å². The zero-order valence-electron chi connectivity index (χ0n) is 12.5. The molecule has 0 saturated heterocycles. The molecule has 0 fully saturated rings. The number of carbonyl (C=O) groups excluding carboxylic acids is 1. The maximum absolute atomic E-state index is 12.1. The van der Waals surface area contributed by atoms with Crippen LogP contribution in [0.5, 0.6) is 5.75 Å². The highest BCUT2D eigenvalue weighted by molar-refractivity contribution is 6.06. The Labute approximate surface area is 125 Å². The van der Waals surface area contributed by atoms with Gasteiger partial charge in [0.05, 0.1) is 7.11 Å². The summed E-state index contributed by atoms with van der Waals surface area (Å²) in [5.41, 5.74) is 2.73. The summed E-state index contributed by atoms with van der Waals surface area (Å²) in [6.07, 6.45) is 3.40. The molecule has 0 unspecified atom stereocenters. The molecule has 108 valence electrons. The highest BCUT2D eigenvalue weighted by atomic mass is 16.5. The molecular weight excluding hydrogens is 262 g/mol. The Hall–Kier alpha value is -2.55. The van der Waals surface area contributed by atoms with Gasteiger partial charge in [0.2, 0.25) is 0 Å². The van der Waals surface area contributed by atoms with Crippen LogP contribution in [0.25, 0.3) is 6.08 Å². The van der Waals surface area contributed by atoms with Crippen LogP contribution in [0.1, 0.15) is 15.9 Å². The summed E-state index contributed by atoms with van der Waals surface area (Å²) in [4.78, 5) is 14.1. The summed E-state index contributed by atoms with van der Waals surface area (Å²) in [6.45, 7) is 0. The van der Waals surface area contributed by atoms with E-state index in [2.05, 4.69) is 0 Å². The van der Waals surface area contributed by atoms with E-state index in [4.69, 9.17) is 4.74 Å². The smallest absolute Gasteiger partial charge is 0.185 e. The summed E-state index contributed by atoms with van der Waals surface area (Å²) >= 11 is 0. The number of ketones is 1. The van der Waals surface area contributed by atoms with Gasteiger partial charge in [-0.1, -0.05) is 18.2 Å². The number of hydrogen-bond acceptors (Lipinski definition) is 3. The molecule has 0 aliphatic heterocycles. The van der Waals surface area contributed by atoms with Gasteiger partial charge in [-0.05, 0) is 48.0 Å². The van der Waals surface area contributed by atoms with Crippen LogP contribution in [0.2, 0.25) is 0 Å². The van der Waals surface area contributed by atoms with Crippen molar-refractivity contribution < 1.29 is 9.53 Å². The highest BCUT2D eigenvalue weighted by Gasteiger charge is 2.02. The van der Waals surface area contributed by atoms with Gasteiger partial charge in [-0.25, -0.2) is 0 Å². The second-order valence-corrected chi connectivity index (χ2v) is 4.91. The summed E-state index contributed by atoms with van der Waals surface area (Å²) in [7, 11) is 5.58. The van der Waals surface area contributed by atoms with E-state index in [1.807, 2.05) is 73.6 Å². The maximum Gasteiger partial charge on any atom is 0.185 e. The zero-order chi connectivity index (χ0) is 15.2. The molecule has 0 amide bonds. The van der Waals surface area contributed by atoms with Crippen LogP contribution >= 0.6 is 0 Å². The first-order chi connectivity index (χ1) is 10.1. The van der Waals surface area contributed by atoms with Crippen LogP contribution in [0, 0.1) is 0 Å². The first kappa shape index (κ1) is 14.9. The standard InChI is InChI=1S/C18H19NO2/c1-19(2)16-9-7-15(8-10-16)18(20)13-6-14-4-11-17(21-3)12-5-14/h4-13H,1-3H3. The molecule has 21 heavy (non-hydrogen) atoms. The van der Waals surface area contributed by atoms with Crippen LogP contribution in [-0.4, -0.2) is 27.0 Å². The number of carbonyl (C=O) groups is 1. The van der Waals surface area contributed by atoms with Crippen molar-refractivity contribution in [2.45, 2.75) is 0 Å². The molecule has 0 atom stereocenters. The van der Waals surface area contributed by atoms with Crippen molar-refractivity contribution in [2.24, 2.45) is 0 Å². The quantitative estimate of drug-likeness (QED) is 0.619. The molecule has 3 nitrogen and oxygen atoms in total. The van der Waals surface area contributed by atoms with E-state index in [1.165, 1.54) is 0 Å². The van der Waals surface area contributed by atoms with Gasteiger partial charge in [0.15, 0.2) is 5.78 Å². The second kappa shape index (κ2) is 6.75. The van der Waals surface area contributed by atoms with Crippen molar-refractivity contribution in [1.82, 2.24) is 0 Å². The van der Waals surface area contributed by atoms with Crippen LogP contribution in [0.4, 0.5) is 5.69 Å². The fourth-order valence-electron chi connectivity index (χ4n) is 1.91. The van der Waals surface area contributed by atoms with Crippen molar-refractivity contribution >= 4 is 17.5 Å². The van der Waals surface area contributed by atoms with Crippen molar-refractivity contribution in [3.8, 4) is 5.75 Å². The molecule has 0 radical (unpaired) electrons. The van der Waals surface area contributed by atoms with Gasteiger partial charge in [-0.2, -0.15) is 0 Å². The highest BCUT2D eigenvalue weighted by Crippen LogP contribution is 2.15. The lowest BCUT2D eigenvalue weighted by atomic mass is 10.1. The third-order valence-electron chi connectivity index (χ3n) is 3.21. The van der Waals surface area contributed by atoms with Gasteiger partial charge in [-0.3, -0.25) is 4.79 Å². The van der Waals surface area contributed by atoms with Gasteiger partial charge < -0.3 is 9.64 Å². The number of hydrogen-bond donors (Lipinski definition) is 0. The molecule has 3 heteroatoms. The average Bonchev–Trinajstić information content (AvgIpc) is 2.53. The largest absolute Gasteiger partial charge is 0.497 e. The minimum absolute atomic E-state index is 0.00359. The van der Waals surface area contributed by atoms with Crippen LogP contribution in [-0.2, 0) is 0 Å². The number of benzene rings is 2. The number of ether oxygens (including phenoxy) is 1. The minimum Gasteiger partial charge on any atom is -0.497 e. The molecule has 0 aliphatic rings. The third kappa shape index (κ3) is 3.96. The second-order valence-electron chi connectivity index (χ2n) is 4.91. The molecule has 0 aromatic heterocycles. The summed E-state index contributed by atoms with van der Waals surface area (Å²) in [5.74, 6) is 0.800. The number of rotatable bonds is 5. The molecule has 0 spiro atoms. The molecule has 0 saturated carbocycles. The topological polar surface area (TPSA) is 29.5 Å². The van der Waals surface area contributed by atoms with Crippen molar-refractivity contribution in [3.63, 3.8) is 0 Å². The number of anilines is 1. The molecular formula is C18H19NO2. The number of allylic oxidation sites excluding steroid dienone is 1. The Morgan fingerprint density at radius 3 is 2.14 bits per heavy atom. The van der Waals surface area contributed by atoms with Crippen molar-refractivity contribution in [3.05, 3.63) is 65.7 Å². The summed E-state index contributed by atoms with van der Waals surface area (Å²) in [5, 5.41) is 0. The Kier molecular flexibility index (Phi) is 4.77. The van der Waals surface area contributed by atoms with Crippen molar-refractivity contribution in [2.75, 3.05) is 26.1 Å². The lowest BCUT2D eigenvalue weighted by Crippen LogP contribution is -2.08. The predicted octanol–water partition coefficient (Wildman–Crippen LogP) is 3.66. The number of methoxy groups -OCH3 is 1. The predicted molar refractivity (Wildman–Crippen MR) is 87.1 cm³/mol. The minimum atomic E-state index is -0.00359. The molecule has 0 heterocycles. The van der Waals surface area contributed by atoms with Gasteiger partial charge in [-0.15, -0.1) is 0 Å². The lowest BCUT2D eigenvalue weighted by molar-refractivity contribution is 0.104. The van der Waals surface area contributed by atoms with Gasteiger partial charge in [0, 0.05) is 25.3 Å². The molecule has 2 aromatic carbocycles. The Balaban J connectivity index is 2.07. The first-order valence-electron chi connectivity index (χ1n) is 6.74. The van der Waals surface area contributed by atoms with E-state index in [-0.39, 0.29) is 5.78 Å². The molecule has 0 aliphatic carbocycles. The van der Waals surface area contributed by atoms with Crippen LogP contribution in [0.3, 0.4) is 0 Å². The summed E-state index contributed by atoms with van der Waals surface area (Å²) < 4.78 is 5.10. The Bertz CT molecular complexity index is 625. The fourth-order valence-corrected chi connectivity index (χ4v) is 1.91. The number of nitrogens with zero attached hydrogens (tertiary/aromatic N) is 1. The van der Waals surface area contributed by atoms with E-state index in [1.54, 1.807) is 13.2 Å². The molecule has 0 bridgehead atoms. The van der Waals surface area contributed by atoms with Gasteiger partial charge >= 0.3 is 0 Å². The summed E-state index contributed by atoms with van der Waals surface area (Å²) in [6, 6.07) is 15.1. The molecule has 2 rings (SSSR count). The fraction of sp³-hybridized carbons (Fsp3) is 0.167. The van der Waals surface area contributed by atoms with E-state index in [0.29, 0.717) is 5.56 Å². The lowest BCUT2D eigenvalue weighted by Gasteiger charge is -2.11. The molecule has 0 N–H and O–H groups in total. The first-order valence-corrected chi connectivity index (χ1v) is 6.74. The molecule has 2 aromatic rings. The van der Waals surface area contributed by atoms with E-state index in [0.717, 1.165) is 17.0 Å². The van der Waals surface area contributed by atoms with E-state index in [9.17, 15) is 4.79 Å². The van der Waals surface area contributed by atoms with Crippen LogP contribution in [0.15, 0.2) is 54.6 Å². The Morgan fingerprint density at radius 2 is 1.62 bits per heavy atom. The normalized spacial score (nSPS) is 10.6.